The smallest absolute Gasteiger partial charge is 0.417 e. The number of alkyl halides is 6. The van der Waals surface area contributed by atoms with Crippen molar-refractivity contribution in [2.75, 3.05) is 7.11 Å². The molecule has 0 aliphatic carbocycles. The lowest BCUT2D eigenvalue weighted by atomic mass is 10.0. The third-order valence-electron chi connectivity index (χ3n) is 2.14. The molecule has 0 aromatic heterocycles. The van der Waals surface area contributed by atoms with Crippen LogP contribution in [-0.2, 0) is 17.1 Å². The molecule has 0 saturated heterocycles. The molecule has 0 amide bonds. The van der Waals surface area contributed by atoms with Crippen LogP contribution in [0.15, 0.2) is 16.6 Å². The van der Waals surface area contributed by atoms with Crippen LogP contribution in [0.25, 0.3) is 0 Å². The first-order valence-electron chi connectivity index (χ1n) is 4.55. The van der Waals surface area contributed by atoms with Gasteiger partial charge in [-0.25, -0.2) is 4.79 Å². The molecule has 0 unspecified atom stereocenters. The molecule has 19 heavy (non-hydrogen) atoms. The third-order valence-corrected chi connectivity index (χ3v) is 2.97. The van der Waals surface area contributed by atoms with Gasteiger partial charge in [0.05, 0.1) is 23.8 Å². The van der Waals surface area contributed by atoms with Crippen molar-refractivity contribution in [3.05, 3.63) is 33.3 Å². The molecule has 1 rings (SSSR count). The number of hydrogen-bond donors (Lipinski definition) is 0. The van der Waals surface area contributed by atoms with Gasteiger partial charge in [-0.1, -0.05) is 0 Å². The Hall–Kier alpha value is -1.25. The van der Waals surface area contributed by atoms with E-state index in [0.717, 1.165) is 7.11 Å². The van der Waals surface area contributed by atoms with Gasteiger partial charge in [0, 0.05) is 4.47 Å². The van der Waals surface area contributed by atoms with Crippen LogP contribution >= 0.6 is 15.9 Å². The van der Waals surface area contributed by atoms with Crippen molar-refractivity contribution in [1.29, 1.82) is 0 Å². The highest BCUT2D eigenvalue weighted by Crippen LogP contribution is 2.42. The van der Waals surface area contributed by atoms with Gasteiger partial charge in [-0.05, 0) is 28.1 Å². The van der Waals surface area contributed by atoms with Gasteiger partial charge in [-0.15, -0.1) is 0 Å². The van der Waals surface area contributed by atoms with E-state index in [9.17, 15) is 31.1 Å². The van der Waals surface area contributed by atoms with Crippen molar-refractivity contribution < 1.29 is 35.9 Å². The van der Waals surface area contributed by atoms with E-state index in [1.54, 1.807) is 0 Å². The topological polar surface area (TPSA) is 26.3 Å². The van der Waals surface area contributed by atoms with Crippen molar-refractivity contribution in [2.24, 2.45) is 0 Å². The summed E-state index contributed by atoms with van der Waals surface area (Å²) in [6, 6.07) is 0.444. The highest BCUT2D eigenvalue weighted by Gasteiger charge is 2.41. The number of halogens is 7. The summed E-state index contributed by atoms with van der Waals surface area (Å²) < 4.78 is 78.7. The molecule has 9 heteroatoms. The zero-order valence-electron chi connectivity index (χ0n) is 9.12. The fourth-order valence-electron chi connectivity index (χ4n) is 1.33. The average molecular weight is 351 g/mol. The van der Waals surface area contributed by atoms with E-state index in [0.29, 0.717) is 0 Å². The van der Waals surface area contributed by atoms with Crippen LogP contribution in [0.5, 0.6) is 0 Å². The Labute approximate surface area is 111 Å². The molecule has 0 fully saturated rings. The lowest BCUT2D eigenvalue weighted by Crippen LogP contribution is -2.18. The van der Waals surface area contributed by atoms with Crippen molar-refractivity contribution in [3.8, 4) is 0 Å². The highest BCUT2D eigenvalue weighted by molar-refractivity contribution is 9.10. The van der Waals surface area contributed by atoms with E-state index in [2.05, 4.69) is 20.7 Å². The molecule has 0 radical (unpaired) electrons. The minimum atomic E-state index is -4.98. The number of esters is 1. The molecule has 1 aromatic rings. The van der Waals surface area contributed by atoms with Gasteiger partial charge >= 0.3 is 18.3 Å². The van der Waals surface area contributed by atoms with Gasteiger partial charge < -0.3 is 4.74 Å². The largest absolute Gasteiger partial charge is 0.465 e. The van der Waals surface area contributed by atoms with Gasteiger partial charge in [-0.2, -0.15) is 26.3 Å². The summed E-state index contributed by atoms with van der Waals surface area (Å²) in [5.41, 5.74) is -4.09. The van der Waals surface area contributed by atoms with E-state index < -0.39 is 39.5 Å². The van der Waals surface area contributed by atoms with Crippen molar-refractivity contribution in [1.82, 2.24) is 0 Å². The molecule has 1 aromatic carbocycles. The first-order chi connectivity index (χ1) is 8.50. The number of carbonyl (C=O) groups excluding carboxylic acids is 1. The number of carbonyl (C=O) groups is 1. The number of benzene rings is 1. The molecule has 2 nitrogen and oxygen atoms in total. The Balaban J connectivity index is 3.65. The summed E-state index contributed by atoms with van der Waals surface area (Å²) in [4.78, 5) is 11.3. The summed E-state index contributed by atoms with van der Waals surface area (Å²) in [5.74, 6) is -1.51. The first-order valence-corrected chi connectivity index (χ1v) is 5.34. The number of methoxy groups -OCH3 is 1. The molecule has 0 aliphatic rings. The Morgan fingerprint density at radius 3 is 1.84 bits per heavy atom. The van der Waals surface area contributed by atoms with Crippen LogP contribution in [0.3, 0.4) is 0 Å². The van der Waals surface area contributed by atoms with Crippen LogP contribution in [0.1, 0.15) is 21.5 Å². The second kappa shape index (κ2) is 5.03. The molecule has 0 bridgehead atoms. The van der Waals surface area contributed by atoms with E-state index in [1.165, 1.54) is 0 Å². The lowest BCUT2D eigenvalue weighted by Gasteiger charge is -2.17. The molecule has 0 N–H and O–H groups in total. The van der Waals surface area contributed by atoms with E-state index in [-0.39, 0.29) is 12.1 Å². The van der Waals surface area contributed by atoms with Crippen LogP contribution in [-0.4, -0.2) is 13.1 Å². The Kier molecular flexibility index (Phi) is 4.18. The van der Waals surface area contributed by atoms with Crippen LogP contribution in [0.2, 0.25) is 0 Å². The second-order valence-electron chi connectivity index (χ2n) is 3.34. The third kappa shape index (κ3) is 3.20. The summed E-state index contributed by atoms with van der Waals surface area (Å²) in [5, 5.41) is 0. The number of ether oxygens (including phenoxy) is 1. The predicted molar refractivity (Wildman–Crippen MR) is 55.5 cm³/mol. The molecule has 0 saturated carbocycles. The van der Waals surface area contributed by atoms with Crippen molar-refractivity contribution in [3.63, 3.8) is 0 Å². The number of rotatable bonds is 1. The molecular formula is C10H5BrF6O2. The molecule has 0 aliphatic heterocycles. The minimum Gasteiger partial charge on any atom is -0.465 e. The first kappa shape index (κ1) is 15.8. The Morgan fingerprint density at radius 2 is 1.47 bits per heavy atom. The molecular weight excluding hydrogens is 346 g/mol. The van der Waals surface area contributed by atoms with E-state index in [4.69, 9.17) is 0 Å². The van der Waals surface area contributed by atoms with Gasteiger partial charge in [0.2, 0.25) is 0 Å². The monoisotopic (exact) mass is 350 g/mol. The Morgan fingerprint density at radius 1 is 1.05 bits per heavy atom. The zero-order chi connectivity index (χ0) is 15.0. The lowest BCUT2D eigenvalue weighted by molar-refractivity contribution is -0.142. The molecule has 0 spiro atoms. The molecule has 106 valence electrons. The molecule has 0 atom stereocenters. The Bertz CT molecular complexity index is 506. The van der Waals surface area contributed by atoms with Crippen LogP contribution < -0.4 is 0 Å². The van der Waals surface area contributed by atoms with E-state index >= 15 is 0 Å². The van der Waals surface area contributed by atoms with Crippen molar-refractivity contribution >= 4 is 21.9 Å². The normalized spacial score (nSPS) is 12.4. The van der Waals surface area contributed by atoms with Gasteiger partial charge in [0.15, 0.2) is 0 Å². The SMILES string of the molecule is COC(=O)c1c(C(F)(F)F)ccc(C(F)(F)F)c1Br. The van der Waals surface area contributed by atoms with Crippen LogP contribution in [0, 0.1) is 0 Å². The maximum absolute atomic E-state index is 12.6. The maximum atomic E-state index is 12.6. The van der Waals surface area contributed by atoms with E-state index in [1.807, 2.05) is 0 Å². The minimum absolute atomic E-state index is 0.194. The van der Waals surface area contributed by atoms with Crippen molar-refractivity contribution in [2.45, 2.75) is 12.4 Å². The number of hydrogen-bond acceptors (Lipinski definition) is 2. The quantitative estimate of drug-likeness (QED) is 0.558. The predicted octanol–water partition coefficient (Wildman–Crippen LogP) is 4.27. The van der Waals surface area contributed by atoms with Gasteiger partial charge in [0.1, 0.15) is 0 Å². The van der Waals surface area contributed by atoms with Crippen LogP contribution in [0.4, 0.5) is 26.3 Å². The maximum Gasteiger partial charge on any atom is 0.417 e. The summed E-state index contributed by atoms with van der Waals surface area (Å²) in [7, 11) is 0.773. The highest BCUT2D eigenvalue weighted by atomic mass is 79.9. The summed E-state index contributed by atoms with van der Waals surface area (Å²) in [6.45, 7) is 0. The average Bonchev–Trinajstić information content (AvgIpc) is 2.24. The van der Waals surface area contributed by atoms with Gasteiger partial charge in [0.25, 0.3) is 0 Å². The fraction of sp³-hybridized carbons (Fsp3) is 0.300. The van der Waals surface area contributed by atoms with Gasteiger partial charge in [-0.3, -0.25) is 0 Å². The summed E-state index contributed by atoms with van der Waals surface area (Å²) >= 11 is 2.38. The summed E-state index contributed by atoms with van der Waals surface area (Å²) in [6.07, 6.45) is -9.87. The second-order valence-corrected chi connectivity index (χ2v) is 4.13. The molecule has 0 heterocycles. The fourth-order valence-corrected chi connectivity index (χ4v) is 2.07. The zero-order valence-corrected chi connectivity index (χ0v) is 10.7. The standard InChI is InChI=1S/C10H5BrF6O2/c1-19-8(18)6-4(9(12,13)14)2-3-5(7(6)11)10(15,16)17/h2-3H,1H3.